The van der Waals surface area contributed by atoms with Gasteiger partial charge in [-0.3, -0.25) is 0 Å². The first-order valence-corrected chi connectivity index (χ1v) is 3.96. The number of benzene rings is 1. The molecule has 1 aromatic rings. The minimum absolute atomic E-state index is 0.685. The van der Waals surface area contributed by atoms with E-state index in [-0.39, 0.29) is 0 Å². The third-order valence-corrected chi connectivity index (χ3v) is 1.92. The second kappa shape index (κ2) is 3.79. The zero-order chi connectivity index (χ0) is 11.7. The van der Waals surface area contributed by atoms with Crippen LogP contribution in [0.2, 0.25) is 0 Å². The Hall–Kier alpha value is -1.14. The van der Waals surface area contributed by atoms with Crippen molar-refractivity contribution in [2.75, 3.05) is 0 Å². The Bertz CT molecular complexity index is 324. The summed E-state index contributed by atoms with van der Waals surface area (Å²) in [5.74, 6) is -8.79. The molecule has 0 aliphatic heterocycles. The van der Waals surface area contributed by atoms with Crippen LogP contribution in [0.15, 0.2) is 30.3 Å². The average molecular weight is 224 g/mol. The molecular weight excluding hydrogens is 216 g/mol. The van der Waals surface area contributed by atoms with Gasteiger partial charge in [0.05, 0.1) is 0 Å². The second-order valence-corrected chi connectivity index (χ2v) is 2.96. The Labute approximate surface area is 82.8 Å². The van der Waals surface area contributed by atoms with Crippen LogP contribution in [0.1, 0.15) is 5.56 Å². The van der Waals surface area contributed by atoms with E-state index in [1.165, 1.54) is 18.2 Å². The van der Waals surface area contributed by atoms with E-state index < -0.39 is 23.7 Å². The smallest absolute Gasteiger partial charge is 0.357 e. The lowest BCUT2D eigenvalue weighted by Crippen LogP contribution is -2.50. The molecule has 0 aromatic heterocycles. The summed E-state index contributed by atoms with van der Waals surface area (Å²) >= 11 is 0. The van der Waals surface area contributed by atoms with Gasteiger partial charge in [-0.05, 0) is 0 Å². The van der Waals surface area contributed by atoms with Gasteiger partial charge in [0.25, 0.3) is 5.79 Å². The van der Waals surface area contributed by atoms with Crippen molar-refractivity contribution in [3.8, 4) is 0 Å². The van der Waals surface area contributed by atoms with Gasteiger partial charge < -0.3 is 10.2 Å². The van der Waals surface area contributed by atoms with Gasteiger partial charge in [0, 0.05) is 5.56 Å². The standard InChI is InChI=1S/C9H8F4O2/c10-7(11)8(12,13)9(14,15)6-4-2-1-3-5-6/h1-5,7,14-15H. The lowest BCUT2D eigenvalue weighted by atomic mass is 10.00. The summed E-state index contributed by atoms with van der Waals surface area (Å²) in [5, 5.41) is 18.0. The van der Waals surface area contributed by atoms with Crippen molar-refractivity contribution in [1.29, 1.82) is 0 Å². The first-order chi connectivity index (χ1) is 6.80. The van der Waals surface area contributed by atoms with Crippen LogP contribution in [0.3, 0.4) is 0 Å². The van der Waals surface area contributed by atoms with Gasteiger partial charge >= 0.3 is 12.3 Å². The zero-order valence-corrected chi connectivity index (χ0v) is 7.37. The van der Waals surface area contributed by atoms with Gasteiger partial charge in [-0.25, -0.2) is 8.78 Å². The Morgan fingerprint density at radius 2 is 1.47 bits per heavy atom. The second-order valence-electron chi connectivity index (χ2n) is 2.96. The Kier molecular flexibility index (Phi) is 3.01. The molecule has 0 aliphatic carbocycles. The molecule has 0 spiro atoms. The summed E-state index contributed by atoms with van der Waals surface area (Å²) in [4.78, 5) is 0. The highest BCUT2D eigenvalue weighted by Crippen LogP contribution is 2.39. The van der Waals surface area contributed by atoms with E-state index in [0.29, 0.717) is 0 Å². The largest absolute Gasteiger partial charge is 0.363 e. The van der Waals surface area contributed by atoms with Crippen LogP contribution < -0.4 is 0 Å². The van der Waals surface area contributed by atoms with Gasteiger partial charge in [-0.2, -0.15) is 8.78 Å². The highest BCUT2D eigenvalue weighted by Gasteiger charge is 2.60. The SMILES string of the molecule is OC(O)(c1ccccc1)C(F)(F)C(F)F. The number of hydrogen-bond donors (Lipinski definition) is 2. The summed E-state index contributed by atoms with van der Waals surface area (Å²) in [6.45, 7) is 0. The van der Waals surface area contributed by atoms with E-state index in [1.807, 2.05) is 0 Å². The van der Waals surface area contributed by atoms with Gasteiger partial charge in [0.1, 0.15) is 0 Å². The first kappa shape index (κ1) is 11.9. The van der Waals surface area contributed by atoms with Crippen molar-refractivity contribution in [2.24, 2.45) is 0 Å². The molecule has 0 bridgehead atoms. The average Bonchev–Trinajstić information content (AvgIpc) is 2.18. The quantitative estimate of drug-likeness (QED) is 0.606. The van der Waals surface area contributed by atoms with Crippen molar-refractivity contribution >= 4 is 0 Å². The lowest BCUT2D eigenvalue weighted by Gasteiger charge is -2.30. The number of rotatable bonds is 3. The van der Waals surface area contributed by atoms with E-state index in [4.69, 9.17) is 10.2 Å². The topological polar surface area (TPSA) is 40.5 Å². The number of aliphatic hydroxyl groups is 2. The minimum Gasteiger partial charge on any atom is -0.357 e. The molecule has 0 heterocycles. The van der Waals surface area contributed by atoms with Crippen LogP contribution in [-0.4, -0.2) is 22.6 Å². The Morgan fingerprint density at radius 3 is 1.87 bits per heavy atom. The molecule has 0 amide bonds. The Balaban J connectivity index is 3.13. The maximum absolute atomic E-state index is 12.8. The van der Waals surface area contributed by atoms with Gasteiger partial charge in [-0.1, -0.05) is 30.3 Å². The Morgan fingerprint density at radius 1 is 1.00 bits per heavy atom. The fourth-order valence-corrected chi connectivity index (χ4v) is 1.02. The van der Waals surface area contributed by atoms with Crippen LogP contribution in [0.4, 0.5) is 17.6 Å². The zero-order valence-electron chi connectivity index (χ0n) is 7.37. The predicted molar refractivity (Wildman–Crippen MR) is 43.5 cm³/mol. The molecule has 0 unspecified atom stereocenters. The molecule has 0 fully saturated rings. The fraction of sp³-hybridized carbons (Fsp3) is 0.333. The molecule has 2 nitrogen and oxygen atoms in total. The van der Waals surface area contributed by atoms with E-state index in [9.17, 15) is 17.6 Å². The number of hydrogen-bond acceptors (Lipinski definition) is 2. The molecule has 0 aliphatic rings. The maximum Gasteiger partial charge on any atom is 0.363 e. The highest BCUT2D eigenvalue weighted by atomic mass is 19.3. The van der Waals surface area contributed by atoms with Crippen LogP contribution in [0, 0.1) is 0 Å². The summed E-state index contributed by atoms with van der Waals surface area (Å²) in [6, 6.07) is 5.75. The van der Waals surface area contributed by atoms with E-state index in [2.05, 4.69) is 0 Å². The fourth-order valence-electron chi connectivity index (χ4n) is 1.02. The number of halogens is 4. The van der Waals surface area contributed by atoms with Gasteiger partial charge in [-0.15, -0.1) is 0 Å². The molecule has 15 heavy (non-hydrogen) atoms. The van der Waals surface area contributed by atoms with Crippen LogP contribution >= 0.6 is 0 Å². The summed E-state index contributed by atoms with van der Waals surface area (Å²) < 4.78 is 49.4. The third kappa shape index (κ3) is 1.95. The summed E-state index contributed by atoms with van der Waals surface area (Å²) in [6.07, 6.45) is -4.16. The third-order valence-electron chi connectivity index (χ3n) is 1.92. The monoisotopic (exact) mass is 224 g/mol. The maximum atomic E-state index is 12.8. The van der Waals surface area contributed by atoms with Crippen molar-refractivity contribution in [3.05, 3.63) is 35.9 Å². The van der Waals surface area contributed by atoms with E-state index in [0.717, 1.165) is 12.1 Å². The molecule has 0 atom stereocenters. The summed E-state index contributed by atoms with van der Waals surface area (Å²) in [7, 11) is 0. The first-order valence-electron chi connectivity index (χ1n) is 3.96. The number of alkyl halides is 4. The van der Waals surface area contributed by atoms with Crippen molar-refractivity contribution in [3.63, 3.8) is 0 Å². The molecule has 0 saturated carbocycles. The highest BCUT2D eigenvalue weighted by molar-refractivity contribution is 5.22. The van der Waals surface area contributed by atoms with E-state index in [1.54, 1.807) is 0 Å². The van der Waals surface area contributed by atoms with E-state index >= 15 is 0 Å². The van der Waals surface area contributed by atoms with Crippen molar-refractivity contribution in [1.82, 2.24) is 0 Å². The lowest BCUT2D eigenvalue weighted by molar-refractivity contribution is -0.339. The van der Waals surface area contributed by atoms with Crippen LogP contribution in [0.25, 0.3) is 0 Å². The summed E-state index contributed by atoms with van der Waals surface area (Å²) in [5.41, 5.74) is -0.685. The van der Waals surface area contributed by atoms with Gasteiger partial charge in [0.15, 0.2) is 0 Å². The molecule has 6 heteroatoms. The molecule has 1 rings (SSSR count). The van der Waals surface area contributed by atoms with Gasteiger partial charge in [0.2, 0.25) is 0 Å². The molecule has 84 valence electrons. The normalized spacial score (nSPS) is 13.3. The van der Waals surface area contributed by atoms with Crippen molar-refractivity contribution < 1.29 is 27.8 Å². The minimum atomic E-state index is -4.92. The predicted octanol–water partition coefficient (Wildman–Crippen LogP) is 1.72. The molecular formula is C9H8F4O2. The molecule has 1 aromatic carbocycles. The molecule has 0 saturated heterocycles. The van der Waals surface area contributed by atoms with Crippen molar-refractivity contribution in [2.45, 2.75) is 18.1 Å². The molecule has 0 radical (unpaired) electrons. The van der Waals surface area contributed by atoms with Crippen LogP contribution in [0.5, 0.6) is 0 Å². The van der Waals surface area contributed by atoms with Crippen LogP contribution in [-0.2, 0) is 5.79 Å². The molecule has 2 N–H and O–H groups in total.